The average molecular weight is 824 g/mol. The normalized spacial score (nSPS) is 16.7. The molecule has 0 fully saturated rings. The number of para-hydroxylation sites is 5. The van der Waals surface area contributed by atoms with E-state index in [9.17, 15) is 16.4 Å². The van der Waals surface area contributed by atoms with Gasteiger partial charge in [0.25, 0.3) is 0 Å². The number of hydrogen-bond donors (Lipinski definition) is 0. The van der Waals surface area contributed by atoms with E-state index in [0.29, 0.717) is 11.1 Å². The van der Waals surface area contributed by atoms with Crippen LogP contribution < -0.4 is 0 Å². The number of benzene rings is 10. The summed E-state index contributed by atoms with van der Waals surface area (Å²) in [6.45, 7) is 0. The lowest BCUT2D eigenvalue weighted by molar-refractivity contribution is 1.13. The molecule has 0 aliphatic heterocycles. The van der Waals surface area contributed by atoms with Gasteiger partial charge in [-0.3, -0.25) is 0 Å². The number of nitrogens with zero attached hydrogens (tertiary/aromatic N) is 3. The Morgan fingerprint density at radius 1 is 0.286 bits per heavy atom. The molecule has 3 heterocycles. The van der Waals surface area contributed by atoms with Gasteiger partial charge in [0.1, 0.15) is 0 Å². The summed E-state index contributed by atoms with van der Waals surface area (Å²) in [5.74, 6) is 0. The highest BCUT2D eigenvalue weighted by molar-refractivity contribution is 6.16. The molecule has 3 nitrogen and oxygen atoms in total. The molecule has 0 spiro atoms. The van der Waals surface area contributed by atoms with Crippen LogP contribution in [0.3, 0.4) is 0 Å². The van der Waals surface area contributed by atoms with Crippen molar-refractivity contribution in [2.24, 2.45) is 0 Å². The third-order valence-corrected chi connectivity index (χ3v) is 11.4. The lowest BCUT2D eigenvalue weighted by Gasteiger charge is -2.16. The van der Waals surface area contributed by atoms with Gasteiger partial charge in [0, 0.05) is 43.7 Å². The van der Waals surface area contributed by atoms with Crippen LogP contribution in [0.2, 0.25) is 0 Å². The quantitative estimate of drug-likeness (QED) is 0.159. The number of rotatable bonds is 6. The van der Waals surface area contributed by atoms with Crippen LogP contribution in [0, 0.1) is 0 Å². The van der Waals surface area contributed by atoms with Gasteiger partial charge < -0.3 is 13.7 Å². The number of hydrogen-bond acceptors (Lipinski definition) is 0. The Hall–Kier alpha value is -8.40. The fraction of sp³-hybridized carbons (Fsp3) is 0. The van der Waals surface area contributed by atoms with E-state index in [-0.39, 0.29) is 27.5 Å². The van der Waals surface area contributed by atoms with Crippen molar-refractivity contribution >= 4 is 65.4 Å². The molecule has 0 N–H and O–H groups in total. The zero-order valence-electron chi connectivity index (χ0n) is 54.7. The fourth-order valence-electron chi connectivity index (χ4n) is 8.67. The summed E-state index contributed by atoms with van der Waals surface area (Å²) in [5, 5.41) is -2.56. The summed E-state index contributed by atoms with van der Waals surface area (Å²) in [6.07, 6.45) is 0. The summed E-state index contributed by atoms with van der Waals surface area (Å²) < 4.78 is 209. The van der Waals surface area contributed by atoms with Gasteiger partial charge in [-0.25, -0.2) is 0 Å². The first-order valence-electron chi connectivity index (χ1n) is 30.9. The summed E-state index contributed by atoms with van der Waals surface area (Å²) >= 11 is 0. The Balaban J connectivity index is 1.25. The molecule has 0 bridgehead atoms. The summed E-state index contributed by atoms with van der Waals surface area (Å²) in [5.41, 5.74) is 0.666. The van der Waals surface area contributed by atoms with Gasteiger partial charge in [-0.2, -0.15) is 0 Å². The zero-order chi connectivity index (χ0) is 60.6. The minimum Gasteiger partial charge on any atom is -0.309 e. The first-order valence-corrected chi connectivity index (χ1v) is 19.9. The summed E-state index contributed by atoms with van der Waals surface area (Å²) in [7, 11) is 0. The van der Waals surface area contributed by atoms with Crippen molar-refractivity contribution in [1.29, 1.82) is 0 Å². The second-order valence-electron chi connectivity index (χ2n) is 14.9. The van der Waals surface area contributed by atoms with Crippen LogP contribution in [0.25, 0.3) is 116 Å². The molecule has 0 unspecified atom stereocenters. The van der Waals surface area contributed by atoms with Crippen LogP contribution in [0.5, 0.6) is 0 Å². The van der Waals surface area contributed by atoms with Crippen LogP contribution in [-0.2, 0) is 0 Å². The molecule has 3 aromatic heterocycles. The third kappa shape index (κ3) is 5.53. The van der Waals surface area contributed by atoms with Crippen LogP contribution in [0.1, 0.15) is 30.2 Å². The predicted octanol–water partition coefficient (Wildman–Crippen LogP) is 16.0. The van der Waals surface area contributed by atoms with E-state index >= 15 is 0 Å². The zero-order valence-corrected chi connectivity index (χ0v) is 32.7. The Morgan fingerprint density at radius 3 is 1.37 bits per heavy atom. The maximum atomic E-state index is 10.5. The second-order valence-corrected chi connectivity index (χ2v) is 14.9. The Morgan fingerprint density at radius 2 is 0.730 bits per heavy atom. The molecule has 13 rings (SSSR count). The van der Waals surface area contributed by atoms with Crippen LogP contribution in [0.4, 0.5) is 0 Å². The summed E-state index contributed by atoms with van der Waals surface area (Å²) in [6, 6.07) is 14.6. The van der Waals surface area contributed by atoms with Crippen molar-refractivity contribution in [2.75, 3.05) is 0 Å². The average Bonchev–Trinajstić information content (AvgIpc) is 1.55. The molecule has 0 amide bonds. The molecule has 0 aliphatic rings. The Bertz CT molecular complexity index is 5130. The van der Waals surface area contributed by atoms with E-state index in [1.54, 1.807) is 12.1 Å². The minimum absolute atomic E-state index is 0.215. The lowest BCUT2D eigenvalue weighted by Crippen LogP contribution is -2.01. The van der Waals surface area contributed by atoms with Crippen LogP contribution in [0.15, 0.2) is 236 Å². The van der Waals surface area contributed by atoms with Crippen molar-refractivity contribution in [3.63, 3.8) is 0 Å². The SMILES string of the molecule is [2H]c1c([2H])c([2H])c2c(c1[2H])c1c([2H])c(-n3c4c([2H])c([2H])c([2H])c([2H])c4c4c([2H])c([2H])c([2H])c(-n5c6c([2H])c([2H])c([2H])c([2H])c6c6c([2H])c([2H])c([2H])c([2H])c65)c43)c([2H])c([2H])c1n2-c1cc(-c2ccccc2)cc(-c2cccc(-c3ccccc3)c2)c1. The van der Waals surface area contributed by atoms with E-state index < -0.39 is 188 Å². The molecule has 0 aliphatic carbocycles. The van der Waals surface area contributed by atoms with Crippen molar-refractivity contribution in [2.45, 2.75) is 0 Å². The molecule has 0 saturated carbocycles. The third-order valence-electron chi connectivity index (χ3n) is 11.4. The highest BCUT2D eigenvalue weighted by Gasteiger charge is 2.21. The maximum absolute atomic E-state index is 10.5. The smallest absolute Gasteiger partial charge is 0.0782 e. The lowest BCUT2D eigenvalue weighted by atomic mass is 9.95. The summed E-state index contributed by atoms with van der Waals surface area (Å²) in [4.78, 5) is 0. The van der Waals surface area contributed by atoms with Crippen molar-refractivity contribution in [3.05, 3.63) is 236 Å². The molecule has 10 aromatic carbocycles. The molecule has 0 atom stereocenters. The van der Waals surface area contributed by atoms with Gasteiger partial charge in [-0.1, -0.05) is 163 Å². The van der Waals surface area contributed by atoms with E-state index in [1.165, 1.54) is 4.57 Å². The molecule has 294 valence electrons. The molecule has 3 heteroatoms. The first-order chi connectivity index (χ1) is 40.4. The molecule has 0 radical (unpaired) electrons. The van der Waals surface area contributed by atoms with Gasteiger partial charge in [0.15, 0.2) is 0 Å². The van der Waals surface area contributed by atoms with E-state index in [2.05, 4.69) is 0 Å². The Labute approximate surface area is 395 Å². The van der Waals surface area contributed by atoms with Crippen molar-refractivity contribution in [3.8, 4) is 50.4 Å². The van der Waals surface area contributed by atoms with Gasteiger partial charge in [0.05, 0.1) is 68.9 Å². The van der Waals surface area contributed by atoms with Gasteiger partial charge in [-0.05, 0) is 106 Å². The first kappa shape index (κ1) is 20.0. The minimum atomic E-state index is -0.935. The topological polar surface area (TPSA) is 14.8 Å². The highest BCUT2D eigenvalue weighted by Crippen LogP contribution is 2.42. The standard InChI is InChI=1S/C60H39N3/c1-3-17-40(18-4-1)42-21-15-22-43(35-42)45-36-44(41-19-5-2-6-20-41)37-47(38-45)61-54-28-11-10-26-51(54)53-39-46(33-34-58(53)61)62-55-29-12-9-25-50(55)52-27-16-32-59(60(52)62)63-56-30-13-7-23-48(56)49-24-8-14-31-57(49)63/h1-39H/i7D,8D,9D,10D,11D,12D,13D,14D,16D,23D,24D,25D,26D,27D,28D,29D,30D,31D,32D,33D,34D,39D. The second kappa shape index (κ2) is 14.1. The van der Waals surface area contributed by atoms with Crippen molar-refractivity contribution < 1.29 is 30.2 Å². The largest absolute Gasteiger partial charge is 0.309 e. The molecular formula is C60H39N3. The van der Waals surface area contributed by atoms with Gasteiger partial charge >= 0.3 is 0 Å². The van der Waals surface area contributed by atoms with Gasteiger partial charge in [0.2, 0.25) is 0 Å². The van der Waals surface area contributed by atoms with E-state index in [4.69, 9.17) is 13.7 Å². The van der Waals surface area contributed by atoms with E-state index in [1.807, 2.05) is 91.0 Å². The molecule has 0 saturated heterocycles. The monoisotopic (exact) mass is 823 g/mol. The predicted molar refractivity (Wildman–Crippen MR) is 266 cm³/mol. The Kier molecular flexibility index (Phi) is 4.47. The number of aromatic nitrogens is 3. The van der Waals surface area contributed by atoms with Crippen LogP contribution >= 0.6 is 0 Å². The molecular weight excluding hydrogens is 763 g/mol. The molecule has 13 aromatic rings. The van der Waals surface area contributed by atoms with Crippen molar-refractivity contribution in [1.82, 2.24) is 13.7 Å². The maximum Gasteiger partial charge on any atom is 0.0782 e. The van der Waals surface area contributed by atoms with E-state index in [0.717, 1.165) is 31.4 Å². The van der Waals surface area contributed by atoms with Crippen LogP contribution in [-0.4, -0.2) is 13.7 Å². The van der Waals surface area contributed by atoms with Gasteiger partial charge in [-0.15, -0.1) is 0 Å². The number of fused-ring (bicyclic) bond motifs is 9. The molecule has 63 heavy (non-hydrogen) atoms. The fourth-order valence-corrected chi connectivity index (χ4v) is 8.67. The highest BCUT2D eigenvalue weighted by atomic mass is 15.1.